The van der Waals surface area contributed by atoms with E-state index >= 15 is 0 Å². The van der Waals surface area contributed by atoms with Gasteiger partial charge in [-0.05, 0) is 49.4 Å². The second kappa shape index (κ2) is 4.00. The van der Waals surface area contributed by atoms with E-state index in [-0.39, 0.29) is 5.60 Å². The van der Waals surface area contributed by atoms with Gasteiger partial charge in [0.05, 0.1) is 11.3 Å². The minimum atomic E-state index is -0.347. The van der Waals surface area contributed by atoms with Gasteiger partial charge in [0.25, 0.3) is 0 Å². The molecule has 1 aliphatic carbocycles. The molecule has 0 amide bonds. The minimum absolute atomic E-state index is 0.347. The number of aromatic nitrogens is 2. The van der Waals surface area contributed by atoms with Crippen LogP contribution in [0.15, 0.2) is 42.7 Å². The SMILES string of the molecule is OC1(CCc2ccc(-n3cccn3)cc2)CC1. The first kappa shape index (κ1) is 10.5. The predicted octanol–water partition coefficient (Wildman–Crippen LogP) is 2.33. The molecule has 0 bridgehead atoms. The summed E-state index contributed by atoms with van der Waals surface area (Å²) >= 11 is 0. The summed E-state index contributed by atoms with van der Waals surface area (Å²) in [5.74, 6) is 0. The van der Waals surface area contributed by atoms with E-state index in [4.69, 9.17) is 0 Å². The zero-order chi connectivity index (χ0) is 11.7. The van der Waals surface area contributed by atoms with Gasteiger partial charge in [0.2, 0.25) is 0 Å². The van der Waals surface area contributed by atoms with Crippen LogP contribution in [0.25, 0.3) is 5.69 Å². The summed E-state index contributed by atoms with van der Waals surface area (Å²) in [6.07, 6.45) is 7.49. The molecule has 1 aromatic heterocycles. The molecule has 0 spiro atoms. The molecule has 1 aliphatic rings. The topological polar surface area (TPSA) is 38.0 Å². The van der Waals surface area contributed by atoms with Gasteiger partial charge in [0.1, 0.15) is 0 Å². The standard InChI is InChI=1S/C14H16N2O/c17-14(8-9-14)7-6-12-2-4-13(5-3-12)16-11-1-10-15-16/h1-5,10-11,17H,6-9H2. The van der Waals surface area contributed by atoms with Crippen molar-refractivity contribution in [2.24, 2.45) is 0 Å². The van der Waals surface area contributed by atoms with Crippen LogP contribution in [0, 0.1) is 0 Å². The molecule has 1 N–H and O–H groups in total. The maximum absolute atomic E-state index is 9.78. The highest BCUT2D eigenvalue weighted by Gasteiger charge is 2.39. The highest BCUT2D eigenvalue weighted by molar-refractivity contribution is 5.33. The van der Waals surface area contributed by atoms with Crippen molar-refractivity contribution in [1.82, 2.24) is 9.78 Å². The van der Waals surface area contributed by atoms with Crippen LogP contribution in [0.2, 0.25) is 0 Å². The van der Waals surface area contributed by atoms with Gasteiger partial charge in [-0.15, -0.1) is 0 Å². The summed E-state index contributed by atoms with van der Waals surface area (Å²) in [6, 6.07) is 10.3. The van der Waals surface area contributed by atoms with Crippen LogP contribution in [0.4, 0.5) is 0 Å². The van der Waals surface area contributed by atoms with E-state index in [1.807, 2.05) is 16.9 Å². The summed E-state index contributed by atoms with van der Waals surface area (Å²) in [5.41, 5.74) is 2.01. The van der Waals surface area contributed by atoms with Crippen LogP contribution in [-0.2, 0) is 6.42 Å². The van der Waals surface area contributed by atoms with Gasteiger partial charge in [-0.3, -0.25) is 0 Å². The molecule has 2 aromatic rings. The quantitative estimate of drug-likeness (QED) is 0.872. The van der Waals surface area contributed by atoms with Gasteiger partial charge in [0, 0.05) is 12.4 Å². The first-order chi connectivity index (χ1) is 8.25. The number of hydrogen-bond acceptors (Lipinski definition) is 2. The molecule has 1 saturated carbocycles. The van der Waals surface area contributed by atoms with E-state index in [2.05, 4.69) is 29.4 Å². The Kier molecular flexibility index (Phi) is 2.48. The van der Waals surface area contributed by atoms with Gasteiger partial charge in [-0.25, -0.2) is 4.68 Å². The Morgan fingerprint density at radius 2 is 2.00 bits per heavy atom. The normalized spacial score (nSPS) is 17.0. The molecule has 3 heteroatoms. The zero-order valence-corrected chi connectivity index (χ0v) is 9.71. The van der Waals surface area contributed by atoms with Gasteiger partial charge in [-0.2, -0.15) is 5.10 Å². The third-order valence-corrected chi connectivity index (χ3v) is 3.41. The average molecular weight is 228 g/mol. The molecule has 88 valence electrons. The summed E-state index contributed by atoms with van der Waals surface area (Å²) in [5, 5.41) is 14.0. The molecule has 1 aromatic carbocycles. The van der Waals surface area contributed by atoms with Crippen molar-refractivity contribution in [2.45, 2.75) is 31.3 Å². The highest BCUT2D eigenvalue weighted by atomic mass is 16.3. The van der Waals surface area contributed by atoms with E-state index in [9.17, 15) is 5.11 Å². The smallest absolute Gasteiger partial charge is 0.0653 e. The molecule has 1 heterocycles. The first-order valence-electron chi connectivity index (χ1n) is 6.07. The van der Waals surface area contributed by atoms with Crippen molar-refractivity contribution in [1.29, 1.82) is 0 Å². The number of aryl methyl sites for hydroxylation is 1. The Bertz CT molecular complexity index is 483. The van der Waals surface area contributed by atoms with Crippen molar-refractivity contribution < 1.29 is 5.11 Å². The fourth-order valence-electron chi connectivity index (χ4n) is 2.01. The molecule has 1 fully saturated rings. The van der Waals surface area contributed by atoms with Gasteiger partial charge in [0.15, 0.2) is 0 Å². The number of benzene rings is 1. The maximum atomic E-state index is 9.78. The van der Waals surface area contributed by atoms with Crippen molar-refractivity contribution in [3.8, 4) is 5.69 Å². The van der Waals surface area contributed by atoms with Gasteiger partial charge in [-0.1, -0.05) is 12.1 Å². The van der Waals surface area contributed by atoms with Gasteiger partial charge < -0.3 is 5.11 Å². The second-order valence-electron chi connectivity index (χ2n) is 4.84. The van der Waals surface area contributed by atoms with E-state index < -0.39 is 0 Å². The highest BCUT2D eigenvalue weighted by Crippen LogP contribution is 2.39. The largest absolute Gasteiger partial charge is 0.390 e. The molecule has 0 radical (unpaired) electrons. The van der Waals surface area contributed by atoms with Crippen molar-refractivity contribution in [2.75, 3.05) is 0 Å². The monoisotopic (exact) mass is 228 g/mol. The van der Waals surface area contributed by atoms with Crippen molar-refractivity contribution in [3.63, 3.8) is 0 Å². The summed E-state index contributed by atoms with van der Waals surface area (Å²) in [6.45, 7) is 0. The van der Waals surface area contributed by atoms with Crippen LogP contribution in [0.1, 0.15) is 24.8 Å². The fraction of sp³-hybridized carbons (Fsp3) is 0.357. The molecule has 0 aliphatic heterocycles. The Hall–Kier alpha value is -1.61. The van der Waals surface area contributed by atoms with Crippen LogP contribution < -0.4 is 0 Å². The van der Waals surface area contributed by atoms with E-state index in [1.54, 1.807) is 6.20 Å². The molecular formula is C14H16N2O. The first-order valence-corrected chi connectivity index (χ1v) is 6.07. The summed E-state index contributed by atoms with van der Waals surface area (Å²) in [7, 11) is 0. The summed E-state index contributed by atoms with van der Waals surface area (Å²) in [4.78, 5) is 0. The number of rotatable bonds is 4. The van der Waals surface area contributed by atoms with Crippen LogP contribution >= 0.6 is 0 Å². The lowest BCUT2D eigenvalue weighted by Crippen LogP contribution is -2.07. The second-order valence-corrected chi connectivity index (χ2v) is 4.84. The van der Waals surface area contributed by atoms with Crippen LogP contribution in [0.3, 0.4) is 0 Å². The lowest BCUT2D eigenvalue weighted by molar-refractivity contribution is 0.140. The molecular weight excluding hydrogens is 212 g/mol. The van der Waals surface area contributed by atoms with Crippen LogP contribution in [0.5, 0.6) is 0 Å². The lowest BCUT2D eigenvalue weighted by atomic mass is 10.1. The fourth-order valence-corrected chi connectivity index (χ4v) is 2.01. The Morgan fingerprint density at radius 1 is 1.24 bits per heavy atom. The number of nitrogens with zero attached hydrogens (tertiary/aromatic N) is 2. The minimum Gasteiger partial charge on any atom is -0.390 e. The molecule has 3 rings (SSSR count). The molecule has 3 nitrogen and oxygen atoms in total. The van der Waals surface area contributed by atoms with Crippen LogP contribution in [-0.4, -0.2) is 20.5 Å². The average Bonchev–Trinajstić information content (AvgIpc) is 2.89. The van der Waals surface area contributed by atoms with E-state index in [1.165, 1.54) is 5.56 Å². The van der Waals surface area contributed by atoms with E-state index in [0.29, 0.717) is 0 Å². The zero-order valence-electron chi connectivity index (χ0n) is 9.71. The molecule has 17 heavy (non-hydrogen) atoms. The molecule has 0 unspecified atom stereocenters. The molecule has 0 atom stereocenters. The molecule has 0 saturated heterocycles. The Balaban J connectivity index is 1.67. The summed E-state index contributed by atoms with van der Waals surface area (Å²) < 4.78 is 1.85. The number of aliphatic hydroxyl groups is 1. The van der Waals surface area contributed by atoms with Gasteiger partial charge >= 0.3 is 0 Å². The van der Waals surface area contributed by atoms with Crippen molar-refractivity contribution in [3.05, 3.63) is 48.3 Å². The Morgan fingerprint density at radius 3 is 2.59 bits per heavy atom. The predicted molar refractivity (Wildman–Crippen MR) is 66.1 cm³/mol. The van der Waals surface area contributed by atoms with E-state index in [0.717, 1.165) is 31.4 Å². The Labute approximate surface area is 101 Å². The van der Waals surface area contributed by atoms with Crippen molar-refractivity contribution >= 4 is 0 Å². The third kappa shape index (κ3) is 2.39. The maximum Gasteiger partial charge on any atom is 0.0653 e. The third-order valence-electron chi connectivity index (χ3n) is 3.41. The number of hydrogen-bond donors (Lipinski definition) is 1. The lowest BCUT2D eigenvalue weighted by Gasteiger charge is -2.08.